The minimum Gasteiger partial charge on any atom is -0.344 e. The summed E-state index contributed by atoms with van der Waals surface area (Å²) < 4.78 is 0. The van der Waals surface area contributed by atoms with E-state index in [0.717, 1.165) is 0 Å². The van der Waals surface area contributed by atoms with Crippen LogP contribution in [-0.4, -0.2) is 24.5 Å². The van der Waals surface area contributed by atoms with Crippen molar-refractivity contribution >= 4 is 5.91 Å². The Morgan fingerprint density at radius 2 is 2.00 bits per heavy atom. The van der Waals surface area contributed by atoms with Gasteiger partial charge in [0, 0.05) is 6.04 Å². The van der Waals surface area contributed by atoms with Crippen LogP contribution in [0.25, 0.3) is 0 Å². The molecule has 1 aliphatic carbocycles. The molecule has 1 fully saturated rings. The molecular formula is C14H24N2O. The van der Waals surface area contributed by atoms with E-state index >= 15 is 0 Å². The predicted molar refractivity (Wildman–Crippen MR) is 70.5 cm³/mol. The molecule has 17 heavy (non-hydrogen) atoms. The lowest BCUT2D eigenvalue weighted by Gasteiger charge is -2.30. The fourth-order valence-electron chi connectivity index (χ4n) is 2.53. The number of rotatable bonds is 5. The number of carbonyl (C=O) groups excluding carboxylic acids is 1. The Morgan fingerprint density at radius 3 is 2.59 bits per heavy atom. The Hall–Kier alpha value is -1.01. The molecule has 0 bridgehead atoms. The van der Waals surface area contributed by atoms with Crippen molar-refractivity contribution in [2.75, 3.05) is 6.54 Å². The van der Waals surface area contributed by atoms with Crippen molar-refractivity contribution in [2.24, 2.45) is 5.92 Å². The third-order valence-electron chi connectivity index (χ3n) is 3.63. The van der Waals surface area contributed by atoms with Crippen LogP contribution < -0.4 is 10.6 Å². The summed E-state index contributed by atoms with van der Waals surface area (Å²) in [5.41, 5.74) is 0. The normalized spacial score (nSPS) is 20.3. The second-order valence-corrected chi connectivity index (χ2v) is 5.00. The lowest BCUT2D eigenvalue weighted by molar-refractivity contribution is -0.122. The largest absolute Gasteiger partial charge is 0.344 e. The molecule has 0 aliphatic heterocycles. The first-order valence-corrected chi connectivity index (χ1v) is 6.62. The second-order valence-electron chi connectivity index (χ2n) is 5.00. The Morgan fingerprint density at radius 1 is 1.35 bits per heavy atom. The van der Waals surface area contributed by atoms with E-state index in [1.54, 1.807) is 0 Å². The van der Waals surface area contributed by atoms with Crippen LogP contribution >= 0.6 is 0 Å². The minimum absolute atomic E-state index is 0.00869. The third-order valence-corrected chi connectivity index (χ3v) is 3.63. The highest BCUT2D eigenvalue weighted by Crippen LogP contribution is 2.26. The van der Waals surface area contributed by atoms with E-state index in [1.165, 1.54) is 32.1 Å². The van der Waals surface area contributed by atoms with Gasteiger partial charge in [-0.05, 0) is 32.6 Å². The first kappa shape index (κ1) is 14.1. The minimum atomic E-state index is -0.166. The van der Waals surface area contributed by atoms with Crippen LogP contribution in [-0.2, 0) is 4.79 Å². The number of hydrogen-bond acceptors (Lipinski definition) is 2. The zero-order chi connectivity index (χ0) is 12.7. The zero-order valence-electron chi connectivity index (χ0n) is 11.0. The maximum absolute atomic E-state index is 11.7. The molecule has 1 saturated carbocycles. The van der Waals surface area contributed by atoms with Gasteiger partial charge in [0.15, 0.2) is 0 Å². The van der Waals surface area contributed by atoms with Crippen molar-refractivity contribution < 1.29 is 4.79 Å². The smallest absolute Gasteiger partial charge is 0.237 e. The molecule has 3 heteroatoms. The van der Waals surface area contributed by atoms with Gasteiger partial charge in [-0.3, -0.25) is 4.79 Å². The summed E-state index contributed by atoms with van der Waals surface area (Å²) >= 11 is 0. The van der Waals surface area contributed by atoms with Crippen molar-refractivity contribution in [3.05, 3.63) is 0 Å². The maximum Gasteiger partial charge on any atom is 0.237 e. The van der Waals surface area contributed by atoms with Crippen LogP contribution in [0.15, 0.2) is 0 Å². The van der Waals surface area contributed by atoms with E-state index in [9.17, 15) is 4.79 Å². The molecule has 96 valence electrons. The van der Waals surface area contributed by atoms with Gasteiger partial charge in [-0.2, -0.15) is 0 Å². The first-order chi connectivity index (χ1) is 8.15. The van der Waals surface area contributed by atoms with E-state index in [1.807, 2.05) is 6.92 Å². The third kappa shape index (κ3) is 4.79. The van der Waals surface area contributed by atoms with Crippen LogP contribution in [0.3, 0.4) is 0 Å². The molecule has 0 radical (unpaired) electrons. The van der Waals surface area contributed by atoms with E-state index in [0.29, 0.717) is 18.5 Å². The summed E-state index contributed by atoms with van der Waals surface area (Å²) in [4.78, 5) is 11.7. The summed E-state index contributed by atoms with van der Waals surface area (Å²) in [6.45, 7) is 4.38. The highest BCUT2D eigenvalue weighted by atomic mass is 16.2. The molecule has 0 aromatic heterocycles. The van der Waals surface area contributed by atoms with Gasteiger partial charge in [0.05, 0.1) is 12.6 Å². The van der Waals surface area contributed by atoms with Gasteiger partial charge in [-0.15, -0.1) is 6.42 Å². The number of amides is 1. The van der Waals surface area contributed by atoms with E-state index in [4.69, 9.17) is 6.42 Å². The molecule has 3 nitrogen and oxygen atoms in total. The van der Waals surface area contributed by atoms with Crippen LogP contribution in [0, 0.1) is 18.3 Å². The van der Waals surface area contributed by atoms with Crippen molar-refractivity contribution in [1.82, 2.24) is 10.6 Å². The second kappa shape index (κ2) is 7.34. The number of hydrogen-bond donors (Lipinski definition) is 2. The van der Waals surface area contributed by atoms with Crippen LogP contribution in [0.1, 0.15) is 46.0 Å². The summed E-state index contributed by atoms with van der Waals surface area (Å²) in [7, 11) is 0. The molecule has 2 N–H and O–H groups in total. The average molecular weight is 236 g/mol. The monoisotopic (exact) mass is 236 g/mol. The Labute approximate surface area is 105 Å². The summed E-state index contributed by atoms with van der Waals surface area (Å²) in [5.74, 6) is 3.12. The van der Waals surface area contributed by atoms with E-state index in [2.05, 4.69) is 23.5 Å². The molecule has 0 spiro atoms. The lowest BCUT2D eigenvalue weighted by atomic mass is 9.84. The fourth-order valence-corrected chi connectivity index (χ4v) is 2.53. The highest BCUT2D eigenvalue weighted by Gasteiger charge is 2.23. The molecule has 1 amide bonds. The van der Waals surface area contributed by atoms with Gasteiger partial charge in [0.2, 0.25) is 5.91 Å². The first-order valence-electron chi connectivity index (χ1n) is 6.62. The topological polar surface area (TPSA) is 41.1 Å². The fraction of sp³-hybridized carbons (Fsp3) is 0.786. The van der Waals surface area contributed by atoms with Gasteiger partial charge >= 0.3 is 0 Å². The van der Waals surface area contributed by atoms with Gasteiger partial charge in [-0.1, -0.05) is 25.2 Å². The number of terminal acetylenes is 1. The highest BCUT2D eigenvalue weighted by molar-refractivity contribution is 5.81. The van der Waals surface area contributed by atoms with Crippen molar-refractivity contribution in [1.29, 1.82) is 0 Å². The van der Waals surface area contributed by atoms with Gasteiger partial charge in [0.1, 0.15) is 0 Å². The van der Waals surface area contributed by atoms with Gasteiger partial charge < -0.3 is 10.6 Å². The standard InChI is InChI=1S/C14H24N2O/c1-4-10-15-14(17)12(3)16-11(2)13-8-6-5-7-9-13/h1,11-13,16H,5-10H2,2-3H3,(H,15,17)/t11-,12?/m0/s1. The molecule has 1 rings (SSSR count). The Bertz CT molecular complexity index is 276. The molecule has 0 aromatic rings. The number of carbonyl (C=O) groups is 1. The van der Waals surface area contributed by atoms with Crippen LogP contribution in [0.2, 0.25) is 0 Å². The van der Waals surface area contributed by atoms with Crippen molar-refractivity contribution in [3.8, 4) is 12.3 Å². The molecule has 1 unspecified atom stereocenters. The molecule has 0 heterocycles. The quantitative estimate of drug-likeness (QED) is 0.713. The lowest BCUT2D eigenvalue weighted by Crippen LogP contribution is -2.48. The van der Waals surface area contributed by atoms with Crippen LogP contribution in [0.5, 0.6) is 0 Å². The predicted octanol–water partition coefficient (Wildman–Crippen LogP) is 1.68. The zero-order valence-corrected chi connectivity index (χ0v) is 11.0. The summed E-state index contributed by atoms with van der Waals surface area (Å²) in [6.07, 6.45) is 11.7. The van der Waals surface area contributed by atoms with Crippen molar-refractivity contribution in [2.45, 2.75) is 58.0 Å². The Balaban J connectivity index is 2.31. The SMILES string of the molecule is C#CCNC(=O)C(C)N[C@@H](C)C1CCCCC1. The van der Waals surface area contributed by atoms with E-state index < -0.39 is 0 Å². The molecule has 0 saturated heterocycles. The number of nitrogens with one attached hydrogen (secondary N) is 2. The average Bonchev–Trinajstić information content (AvgIpc) is 2.36. The van der Waals surface area contributed by atoms with Crippen molar-refractivity contribution in [3.63, 3.8) is 0 Å². The molecule has 0 aromatic carbocycles. The van der Waals surface area contributed by atoms with Gasteiger partial charge in [-0.25, -0.2) is 0 Å². The molecular weight excluding hydrogens is 212 g/mol. The summed E-state index contributed by atoms with van der Waals surface area (Å²) in [5, 5.41) is 6.08. The molecule has 1 aliphatic rings. The summed E-state index contributed by atoms with van der Waals surface area (Å²) in [6, 6.07) is 0.238. The van der Waals surface area contributed by atoms with E-state index in [-0.39, 0.29) is 11.9 Å². The van der Waals surface area contributed by atoms with Crippen LogP contribution in [0.4, 0.5) is 0 Å². The van der Waals surface area contributed by atoms with Gasteiger partial charge in [0.25, 0.3) is 0 Å². The Kier molecular flexibility index (Phi) is 6.07. The molecule has 2 atom stereocenters. The maximum atomic E-state index is 11.7.